The lowest BCUT2D eigenvalue weighted by atomic mass is 10.0. The molecule has 2 rings (SSSR count). The molecule has 1 aromatic carbocycles. The third kappa shape index (κ3) is 3.04. The van der Waals surface area contributed by atoms with E-state index in [1.54, 1.807) is 0 Å². The lowest BCUT2D eigenvalue weighted by Gasteiger charge is -2.18. The van der Waals surface area contributed by atoms with Gasteiger partial charge in [-0.05, 0) is 24.7 Å². The topological polar surface area (TPSA) is 41.1 Å². The number of halogens is 5. The van der Waals surface area contributed by atoms with E-state index in [9.17, 15) is 22.4 Å². The van der Waals surface area contributed by atoms with Gasteiger partial charge >= 0.3 is 6.18 Å². The van der Waals surface area contributed by atoms with Crippen LogP contribution in [0.3, 0.4) is 0 Å². The van der Waals surface area contributed by atoms with Gasteiger partial charge in [-0.25, -0.2) is 4.39 Å². The first kappa shape index (κ1) is 15.1. The van der Waals surface area contributed by atoms with Gasteiger partial charge in [0, 0.05) is 18.7 Å². The van der Waals surface area contributed by atoms with Gasteiger partial charge in [0.05, 0.1) is 10.6 Å². The molecule has 0 spiro atoms. The Kier molecular flexibility index (Phi) is 3.93. The van der Waals surface area contributed by atoms with Crippen molar-refractivity contribution in [3.63, 3.8) is 0 Å². The lowest BCUT2D eigenvalue weighted by Crippen LogP contribution is -2.40. The van der Waals surface area contributed by atoms with E-state index in [1.807, 2.05) is 0 Å². The summed E-state index contributed by atoms with van der Waals surface area (Å²) in [6.07, 6.45) is -4.65. The van der Waals surface area contributed by atoms with Crippen molar-refractivity contribution < 1.29 is 22.4 Å². The number of alkyl halides is 4. The van der Waals surface area contributed by atoms with Crippen LogP contribution in [0.1, 0.15) is 12.0 Å². The Balaban J connectivity index is 2.20. The highest BCUT2D eigenvalue weighted by Crippen LogP contribution is 2.36. The first-order valence-electron chi connectivity index (χ1n) is 5.80. The van der Waals surface area contributed by atoms with Crippen LogP contribution in [0.15, 0.2) is 18.2 Å². The molecule has 1 atom stereocenters. The number of rotatable bonds is 2. The van der Waals surface area contributed by atoms with Gasteiger partial charge in [0.1, 0.15) is 0 Å². The molecule has 1 fully saturated rings. The number of amides is 1. The van der Waals surface area contributed by atoms with Crippen LogP contribution in [0.25, 0.3) is 0 Å². The van der Waals surface area contributed by atoms with Crippen LogP contribution in [0, 0.1) is 0 Å². The smallest absolute Gasteiger partial charge is 0.323 e. The second-order valence-electron chi connectivity index (χ2n) is 4.54. The summed E-state index contributed by atoms with van der Waals surface area (Å²) in [6, 6.07) is 2.89. The number of hydrogen-bond acceptors (Lipinski definition) is 2. The van der Waals surface area contributed by atoms with Crippen molar-refractivity contribution in [2.75, 3.05) is 18.4 Å². The molecule has 1 unspecified atom stereocenters. The molecule has 110 valence electrons. The van der Waals surface area contributed by atoms with Crippen LogP contribution in [0.2, 0.25) is 5.02 Å². The molecule has 0 aliphatic carbocycles. The van der Waals surface area contributed by atoms with Gasteiger partial charge in [0.2, 0.25) is 5.67 Å². The van der Waals surface area contributed by atoms with Gasteiger partial charge in [0.25, 0.3) is 5.91 Å². The zero-order valence-corrected chi connectivity index (χ0v) is 10.9. The van der Waals surface area contributed by atoms with Gasteiger partial charge in [-0.15, -0.1) is 0 Å². The Morgan fingerprint density at radius 1 is 1.40 bits per heavy atom. The summed E-state index contributed by atoms with van der Waals surface area (Å²) < 4.78 is 52.1. The van der Waals surface area contributed by atoms with Gasteiger partial charge in [0.15, 0.2) is 0 Å². The fourth-order valence-corrected chi connectivity index (χ4v) is 2.14. The Labute approximate surface area is 117 Å². The van der Waals surface area contributed by atoms with Gasteiger partial charge in [-0.2, -0.15) is 13.2 Å². The fraction of sp³-hybridized carbons (Fsp3) is 0.417. The fourth-order valence-electron chi connectivity index (χ4n) is 1.92. The van der Waals surface area contributed by atoms with Crippen LogP contribution in [-0.2, 0) is 11.0 Å². The van der Waals surface area contributed by atoms with E-state index in [4.69, 9.17) is 11.6 Å². The van der Waals surface area contributed by atoms with Crippen molar-refractivity contribution in [2.24, 2.45) is 0 Å². The molecule has 0 aromatic heterocycles. The molecule has 0 saturated carbocycles. The standard InChI is InChI=1S/C12H11ClF4N2O/c13-9-2-1-7(5-8(9)12(15,16)17)19-10(20)11(14)3-4-18-6-11/h1-2,5,18H,3-4,6H2,(H,19,20). The van der Waals surface area contributed by atoms with Crippen molar-refractivity contribution in [3.8, 4) is 0 Å². The maximum absolute atomic E-state index is 14.1. The molecule has 0 radical (unpaired) electrons. The average molecular weight is 311 g/mol. The van der Waals surface area contributed by atoms with Crippen molar-refractivity contribution in [2.45, 2.75) is 18.3 Å². The number of carbonyl (C=O) groups is 1. The van der Waals surface area contributed by atoms with E-state index < -0.39 is 28.3 Å². The van der Waals surface area contributed by atoms with Crippen molar-refractivity contribution >= 4 is 23.2 Å². The second-order valence-corrected chi connectivity index (χ2v) is 4.95. The van der Waals surface area contributed by atoms with E-state index in [1.165, 1.54) is 6.07 Å². The largest absolute Gasteiger partial charge is 0.417 e. The van der Waals surface area contributed by atoms with Crippen LogP contribution in [-0.4, -0.2) is 24.7 Å². The lowest BCUT2D eigenvalue weighted by molar-refractivity contribution is -0.137. The molecule has 1 saturated heterocycles. The predicted molar refractivity (Wildman–Crippen MR) is 66.4 cm³/mol. The highest BCUT2D eigenvalue weighted by atomic mass is 35.5. The minimum Gasteiger partial charge on any atom is -0.323 e. The summed E-state index contributed by atoms with van der Waals surface area (Å²) in [6.45, 7) is 0.191. The number of hydrogen-bond donors (Lipinski definition) is 2. The highest BCUT2D eigenvalue weighted by Gasteiger charge is 2.41. The number of nitrogens with one attached hydrogen (secondary N) is 2. The Morgan fingerprint density at radius 2 is 2.10 bits per heavy atom. The van der Waals surface area contributed by atoms with Gasteiger partial charge in [-0.1, -0.05) is 11.6 Å². The van der Waals surface area contributed by atoms with Gasteiger partial charge in [-0.3, -0.25) is 4.79 Å². The summed E-state index contributed by atoms with van der Waals surface area (Å²) in [5.41, 5.74) is -3.32. The molecule has 0 bridgehead atoms. The minimum absolute atomic E-state index is 0.0153. The van der Waals surface area contributed by atoms with E-state index >= 15 is 0 Å². The molecule has 3 nitrogen and oxygen atoms in total. The van der Waals surface area contributed by atoms with Gasteiger partial charge < -0.3 is 10.6 Å². The number of benzene rings is 1. The van der Waals surface area contributed by atoms with E-state index in [0.29, 0.717) is 12.6 Å². The maximum atomic E-state index is 14.1. The maximum Gasteiger partial charge on any atom is 0.417 e. The monoisotopic (exact) mass is 310 g/mol. The summed E-state index contributed by atoms with van der Waals surface area (Å²) in [4.78, 5) is 11.7. The summed E-state index contributed by atoms with van der Waals surface area (Å²) in [5.74, 6) is -0.960. The molecule has 20 heavy (non-hydrogen) atoms. The summed E-state index contributed by atoms with van der Waals surface area (Å²) in [5, 5.41) is 4.36. The van der Waals surface area contributed by atoms with Crippen molar-refractivity contribution in [1.82, 2.24) is 5.32 Å². The third-order valence-electron chi connectivity index (χ3n) is 3.04. The van der Waals surface area contributed by atoms with E-state index in [0.717, 1.165) is 6.07 Å². The Bertz CT molecular complexity index is 527. The molecule has 8 heteroatoms. The average Bonchev–Trinajstić information content (AvgIpc) is 2.78. The van der Waals surface area contributed by atoms with Crippen LogP contribution >= 0.6 is 11.6 Å². The van der Waals surface area contributed by atoms with Crippen molar-refractivity contribution in [3.05, 3.63) is 28.8 Å². The molecule has 1 aromatic rings. The van der Waals surface area contributed by atoms with E-state index in [2.05, 4.69) is 10.6 Å². The summed E-state index contributed by atoms with van der Waals surface area (Å²) in [7, 11) is 0. The Hall–Kier alpha value is -1.34. The summed E-state index contributed by atoms with van der Waals surface area (Å²) >= 11 is 5.46. The zero-order valence-electron chi connectivity index (χ0n) is 10.2. The van der Waals surface area contributed by atoms with Crippen LogP contribution in [0.4, 0.5) is 23.2 Å². The Morgan fingerprint density at radius 3 is 2.65 bits per heavy atom. The van der Waals surface area contributed by atoms with Crippen LogP contribution < -0.4 is 10.6 Å². The second kappa shape index (κ2) is 5.21. The molecule has 2 N–H and O–H groups in total. The first-order chi connectivity index (χ1) is 9.22. The molecule has 1 aliphatic heterocycles. The minimum atomic E-state index is -4.64. The molecule has 1 heterocycles. The number of carbonyl (C=O) groups excluding carboxylic acids is 1. The zero-order chi connectivity index (χ0) is 15.0. The third-order valence-corrected chi connectivity index (χ3v) is 3.37. The SMILES string of the molecule is O=C(Nc1ccc(Cl)c(C(F)(F)F)c1)C1(F)CCNC1. The van der Waals surface area contributed by atoms with Crippen molar-refractivity contribution in [1.29, 1.82) is 0 Å². The number of anilines is 1. The quantitative estimate of drug-likeness (QED) is 0.825. The first-order valence-corrected chi connectivity index (χ1v) is 6.18. The molecule has 1 aliphatic rings. The van der Waals surface area contributed by atoms with E-state index in [-0.39, 0.29) is 18.7 Å². The molecule has 1 amide bonds. The highest BCUT2D eigenvalue weighted by molar-refractivity contribution is 6.31. The van der Waals surface area contributed by atoms with Crippen LogP contribution in [0.5, 0.6) is 0 Å². The molecular formula is C12H11ClF4N2O. The molecular weight excluding hydrogens is 300 g/mol. The normalized spacial score (nSPS) is 22.9. The predicted octanol–water partition coefficient (Wildman–Crippen LogP) is 3.00.